The second kappa shape index (κ2) is 5.30. The summed E-state index contributed by atoms with van der Waals surface area (Å²) in [6.45, 7) is 2.87. The number of benzene rings is 1. The van der Waals surface area contributed by atoms with E-state index in [2.05, 4.69) is 22.4 Å². The SMILES string of the molecule is CNCC=Cc1cc2cccc(C)c2nc1Cl. The lowest BCUT2D eigenvalue weighted by Gasteiger charge is -2.04. The van der Waals surface area contributed by atoms with Crippen LogP contribution >= 0.6 is 11.6 Å². The third-order valence-corrected chi connectivity index (χ3v) is 2.95. The Hall–Kier alpha value is -1.38. The summed E-state index contributed by atoms with van der Waals surface area (Å²) in [6.07, 6.45) is 4.03. The molecule has 0 saturated carbocycles. The number of halogens is 1. The van der Waals surface area contributed by atoms with Crippen LogP contribution in [0.2, 0.25) is 5.15 Å². The van der Waals surface area contributed by atoms with E-state index < -0.39 is 0 Å². The predicted octanol–water partition coefficient (Wildman–Crippen LogP) is 3.43. The van der Waals surface area contributed by atoms with E-state index in [0.29, 0.717) is 5.15 Å². The lowest BCUT2D eigenvalue weighted by molar-refractivity contribution is 0.922. The van der Waals surface area contributed by atoms with E-state index in [1.54, 1.807) is 0 Å². The zero-order chi connectivity index (χ0) is 12.3. The molecule has 0 spiro atoms. The second-order valence-corrected chi connectivity index (χ2v) is 4.33. The Morgan fingerprint density at radius 3 is 3.00 bits per heavy atom. The van der Waals surface area contributed by atoms with Crippen LogP contribution in [-0.2, 0) is 0 Å². The largest absolute Gasteiger partial charge is 0.316 e. The van der Waals surface area contributed by atoms with Crippen LogP contribution in [0.3, 0.4) is 0 Å². The Morgan fingerprint density at radius 2 is 2.24 bits per heavy atom. The first-order valence-electron chi connectivity index (χ1n) is 5.59. The molecule has 0 bridgehead atoms. The van der Waals surface area contributed by atoms with Crippen molar-refractivity contribution in [3.8, 4) is 0 Å². The van der Waals surface area contributed by atoms with E-state index in [1.165, 1.54) is 0 Å². The Labute approximate surface area is 106 Å². The maximum Gasteiger partial charge on any atom is 0.136 e. The Bertz CT molecular complexity index is 561. The normalized spacial score (nSPS) is 11.5. The number of fused-ring (bicyclic) bond motifs is 1. The van der Waals surface area contributed by atoms with Gasteiger partial charge in [0.25, 0.3) is 0 Å². The van der Waals surface area contributed by atoms with Crippen LogP contribution in [0.4, 0.5) is 0 Å². The number of pyridine rings is 1. The molecule has 2 rings (SSSR count). The maximum absolute atomic E-state index is 6.17. The van der Waals surface area contributed by atoms with E-state index in [-0.39, 0.29) is 0 Å². The van der Waals surface area contributed by atoms with Gasteiger partial charge in [-0.2, -0.15) is 0 Å². The van der Waals surface area contributed by atoms with Crippen molar-refractivity contribution in [1.82, 2.24) is 10.3 Å². The molecule has 1 N–H and O–H groups in total. The number of nitrogens with one attached hydrogen (secondary N) is 1. The Kier molecular flexibility index (Phi) is 3.77. The van der Waals surface area contributed by atoms with Gasteiger partial charge in [0.15, 0.2) is 0 Å². The van der Waals surface area contributed by atoms with Gasteiger partial charge in [0.2, 0.25) is 0 Å². The molecule has 0 saturated heterocycles. The molecule has 1 aromatic heterocycles. The number of aromatic nitrogens is 1. The third-order valence-electron chi connectivity index (χ3n) is 2.65. The number of hydrogen-bond acceptors (Lipinski definition) is 2. The summed E-state index contributed by atoms with van der Waals surface area (Å²) in [6, 6.07) is 8.21. The molecule has 88 valence electrons. The van der Waals surface area contributed by atoms with E-state index in [4.69, 9.17) is 11.6 Å². The van der Waals surface area contributed by atoms with Crippen LogP contribution in [0.25, 0.3) is 17.0 Å². The molecule has 2 nitrogen and oxygen atoms in total. The molecule has 1 aromatic carbocycles. The summed E-state index contributed by atoms with van der Waals surface area (Å²) in [5.41, 5.74) is 3.08. The molecule has 3 heteroatoms. The summed E-state index contributed by atoms with van der Waals surface area (Å²) >= 11 is 6.17. The third kappa shape index (κ3) is 2.65. The van der Waals surface area contributed by atoms with Gasteiger partial charge >= 0.3 is 0 Å². The van der Waals surface area contributed by atoms with Crippen molar-refractivity contribution in [2.75, 3.05) is 13.6 Å². The molecule has 0 atom stereocenters. The van der Waals surface area contributed by atoms with Gasteiger partial charge in [-0.3, -0.25) is 0 Å². The topological polar surface area (TPSA) is 24.9 Å². The lowest BCUT2D eigenvalue weighted by atomic mass is 10.1. The first-order valence-corrected chi connectivity index (χ1v) is 5.97. The van der Waals surface area contributed by atoms with Crippen molar-refractivity contribution in [3.05, 3.63) is 46.6 Å². The van der Waals surface area contributed by atoms with E-state index in [1.807, 2.05) is 38.3 Å². The molecular formula is C14H15ClN2. The molecule has 0 amide bonds. The highest BCUT2D eigenvalue weighted by atomic mass is 35.5. The average Bonchev–Trinajstić information content (AvgIpc) is 2.31. The number of rotatable bonds is 3. The minimum atomic E-state index is 0.555. The zero-order valence-electron chi connectivity index (χ0n) is 10.00. The maximum atomic E-state index is 6.17. The fraction of sp³-hybridized carbons (Fsp3) is 0.214. The van der Waals surface area contributed by atoms with Crippen molar-refractivity contribution in [2.24, 2.45) is 0 Å². The van der Waals surface area contributed by atoms with Gasteiger partial charge in [-0.15, -0.1) is 0 Å². The monoisotopic (exact) mass is 246 g/mol. The minimum Gasteiger partial charge on any atom is -0.316 e. The summed E-state index contributed by atoms with van der Waals surface area (Å²) in [5, 5.41) is 4.73. The van der Waals surface area contributed by atoms with Crippen molar-refractivity contribution < 1.29 is 0 Å². The predicted molar refractivity (Wildman–Crippen MR) is 74.5 cm³/mol. The molecule has 0 radical (unpaired) electrons. The van der Waals surface area contributed by atoms with E-state index >= 15 is 0 Å². The summed E-state index contributed by atoms with van der Waals surface area (Å²) in [5.74, 6) is 0. The minimum absolute atomic E-state index is 0.555. The number of nitrogens with zero attached hydrogens (tertiary/aromatic N) is 1. The van der Waals surface area contributed by atoms with Crippen LogP contribution < -0.4 is 5.32 Å². The molecule has 1 heterocycles. The molecule has 0 aliphatic rings. The summed E-state index contributed by atoms with van der Waals surface area (Å²) in [7, 11) is 1.91. The molecular weight excluding hydrogens is 232 g/mol. The van der Waals surface area contributed by atoms with Gasteiger partial charge in [-0.1, -0.05) is 42.0 Å². The van der Waals surface area contributed by atoms with Crippen LogP contribution in [0.1, 0.15) is 11.1 Å². The summed E-state index contributed by atoms with van der Waals surface area (Å²) in [4.78, 5) is 4.45. The van der Waals surface area contributed by atoms with Crippen molar-refractivity contribution in [2.45, 2.75) is 6.92 Å². The van der Waals surface area contributed by atoms with Gasteiger partial charge in [0.05, 0.1) is 5.52 Å². The quantitative estimate of drug-likeness (QED) is 0.840. The standard InChI is InChI=1S/C14H15ClN2/c1-10-5-3-6-11-9-12(7-4-8-16-2)14(15)17-13(10)11/h3-7,9,16H,8H2,1-2H3. The van der Waals surface area contributed by atoms with Crippen molar-refractivity contribution in [3.63, 3.8) is 0 Å². The van der Waals surface area contributed by atoms with E-state index in [0.717, 1.165) is 28.6 Å². The molecule has 0 aliphatic carbocycles. The molecule has 0 unspecified atom stereocenters. The van der Waals surface area contributed by atoms with Gasteiger partial charge in [0, 0.05) is 17.5 Å². The highest BCUT2D eigenvalue weighted by molar-refractivity contribution is 6.31. The molecule has 0 fully saturated rings. The molecule has 17 heavy (non-hydrogen) atoms. The number of hydrogen-bond donors (Lipinski definition) is 1. The first-order chi connectivity index (χ1) is 8.22. The fourth-order valence-corrected chi connectivity index (χ4v) is 1.96. The van der Waals surface area contributed by atoms with Gasteiger partial charge in [-0.05, 0) is 25.6 Å². The second-order valence-electron chi connectivity index (χ2n) is 3.98. The number of para-hydroxylation sites is 1. The first kappa shape index (κ1) is 12.1. The molecule has 2 aromatic rings. The number of aryl methyl sites for hydroxylation is 1. The highest BCUT2D eigenvalue weighted by Gasteiger charge is 2.03. The fourth-order valence-electron chi connectivity index (χ4n) is 1.76. The van der Waals surface area contributed by atoms with Crippen molar-refractivity contribution in [1.29, 1.82) is 0 Å². The van der Waals surface area contributed by atoms with Gasteiger partial charge in [-0.25, -0.2) is 4.98 Å². The highest BCUT2D eigenvalue weighted by Crippen LogP contribution is 2.23. The van der Waals surface area contributed by atoms with Crippen LogP contribution in [0.5, 0.6) is 0 Å². The number of likely N-dealkylation sites (N-methyl/N-ethyl adjacent to an activating group) is 1. The van der Waals surface area contributed by atoms with Crippen molar-refractivity contribution >= 4 is 28.6 Å². The molecule has 0 aliphatic heterocycles. The summed E-state index contributed by atoms with van der Waals surface area (Å²) < 4.78 is 0. The van der Waals surface area contributed by atoms with E-state index in [9.17, 15) is 0 Å². The van der Waals surface area contributed by atoms with Crippen LogP contribution in [0.15, 0.2) is 30.3 Å². The average molecular weight is 247 g/mol. The lowest BCUT2D eigenvalue weighted by Crippen LogP contribution is -2.03. The van der Waals surface area contributed by atoms with Gasteiger partial charge < -0.3 is 5.32 Å². The Balaban J connectivity index is 2.49. The Morgan fingerprint density at radius 1 is 1.41 bits per heavy atom. The van der Waals surface area contributed by atoms with Gasteiger partial charge in [0.1, 0.15) is 5.15 Å². The zero-order valence-corrected chi connectivity index (χ0v) is 10.8. The van der Waals surface area contributed by atoms with Crippen LogP contribution in [0, 0.1) is 6.92 Å². The smallest absolute Gasteiger partial charge is 0.136 e. The van der Waals surface area contributed by atoms with Crippen LogP contribution in [-0.4, -0.2) is 18.6 Å².